The highest BCUT2D eigenvalue weighted by Crippen LogP contribution is 2.32. The van der Waals surface area contributed by atoms with E-state index in [0.717, 1.165) is 5.01 Å². The molecule has 0 spiro atoms. The number of hydrogen-bond acceptors (Lipinski definition) is 5. The van der Waals surface area contributed by atoms with Crippen LogP contribution in [0.25, 0.3) is 0 Å². The van der Waals surface area contributed by atoms with E-state index in [9.17, 15) is 9.59 Å². The van der Waals surface area contributed by atoms with Crippen LogP contribution in [0.5, 0.6) is 0 Å². The van der Waals surface area contributed by atoms with Gasteiger partial charge in [-0.3, -0.25) is 9.59 Å². The topological polar surface area (TPSA) is 92.2 Å². The molecule has 1 amide bonds. The second kappa shape index (κ2) is 4.79. The van der Waals surface area contributed by atoms with Gasteiger partial charge in [0.25, 0.3) is 0 Å². The molecular formula is C10H13N3O3S. The van der Waals surface area contributed by atoms with E-state index in [4.69, 9.17) is 5.11 Å². The molecule has 92 valence electrons. The molecule has 1 fully saturated rings. The van der Waals surface area contributed by atoms with Gasteiger partial charge in [0.2, 0.25) is 11.0 Å². The van der Waals surface area contributed by atoms with Gasteiger partial charge in [-0.05, 0) is 26.2 Å². The molecule has 1 aliphatic carbocycles. The molecule has 17 heavy (non-hydrogen) atoms. The van der Waals surface area contributed by atoms with Crippen molar-refractivity contribution in [2.75, 3.05) is 5.32 Å². The number of rotatable bonds is 3. The van der Waals surface area contributed by atoms with Gasteiger partial charge in [0.1, 0.15) is 5.01 Å². The molecule has 0 radical (unpaired) electrons. The number of carboxylic acids is 1. The number of anilines is 1. The summed E-state index contributed by atoms with van der Waals surface area (Å²) < 4.78 is 0. The van der Waals surface area contributed by atoms with Crippen LogP contribution in [0.15, 0.2) is 0 Å². The molecule has 7 heteroatoms. The Kier molecular flexibility index (Phi) is 3.37. The van der Waals surface area contributed by atoms with E-state index in [2.05, 4.69) is 15.5 Å². The maximum Gasteiger partial charge on any atom is 0.306 e. The molecule has 0 bridgehead atoms. The minimum absolute atomic E-state index is 0.148. The summed E-state index contributed by atoms with van der Waals surface area (Å²) in [6.45, 7) is 1.81. The average molecular weight is 255 g/mol. The molecule has 2 unspecified atom stereocenters. The minimum Gasteiger partial charge on any atom is -0.481 e. The second-order valence-corrected chi connectivity index (χ2v) is 5.34. The number of carbonyl (C=O) groups is 2. The Hall–Kier alpha value is -1.50. The lowest BCUT2D eigenvalue weighted by atomic mass is 10.0. The van der Waals surface area contributed by atoms with Crippen molar-refractivity contribution in [3.05, 3.63) is 5.01 Å². The lowest BCUT2D eigenvalue weighted by molar-refractivity contribution is -0.141. The third-order valence-electron chi connectivity index (χ3n) is 2.91. The van der Waals surface area contributed by atoms with E-state index >= 15 is 0 Å². The standard InChI is InChI=1S/C10H13N3O3S/c1-5-12-13-10(17-5)11-8(14)6-2-3-7(4-6)9(15)16/h6-7H,2-4H2,1H3,(H,15,16)(H,11,13,14). The molecule has 2 rings (SSSR count). The summed E-state index contributed by atoms with van der Waals surface area (Å²) in [5, 5.41) is 20.4. The van der Waals surface area contributed by atoms with Gasteiger partial charge < -0.3 is 10.4 Å². The van der Waals surface area contributed by atoms with Crippen molar-refractivity contribution in [2.24, 2.45) is 11.8 Å². The first-order valence-electron chi connectivity index (χ1n) is 5.40. The Balaban J connectivity index is 1.91. The highest BCUT2D eigenvalue weighted by atomic mass is 32.1. The molecule has 1 aromatic heterocycles. The van der Waals surface area contributed by atoms with Crippen LogP contribution in [-0.2, 0) is 9.59 Å². The third kappa shape index (κ3) is 2.79. The number of aromatic nitrogens is 2. The van der Waals surface area contributed by atoms with Gasteiger partial charge >= 0.3 is 5.97 Å². The van der Waals surface area contributed by atoms with Crippen LogP contribution in [0, 0.1) is 18.8 Å². The first-order valence-corrected chi connectivity index (χ1v) is 6.21. The number of aryl methyl sites for hydroxylation is 1. The van der Waals surface area contributed by atoms with Crippen molar-refractivity contribution in [3.8, 4) is 0 Å². The van der Waals surface area contributed by atoms with E-state index < -0.39 is 5.97 Å². The molecule has 0 saturated heterocycles. The maximum absolute atomic E-state index is 11.8. The van der Waals surface area contributed by atoms with Crippen LogP contribution in [0.2, 0.25) is 0 Å². The number of nitrogens with one attached hydrogen (secondary N) is 1. The summed E-state index contributed by atoms with van der Waals surface area (Å²) in [6, 6.07) is 0. The fourth-order valence-corrected chi connectivity index (χ4v) is 2.59. The first-order chi connectivity index (χ1) is 8.06. The van der Waals surface area contributed by atoms with Gasteiger partial charge in [0.15, 0.2) is 0 Å². The van der Waals surface area contributed by atoms with Crippen LogP contribution < -0.4 is 5.32 Å². The van der Waals surface area contributed by atoms with E-state index in [1.807, 2.05) is 6.92 Å². The molecule has 1 aromatic rings. The Morgan fingerprint density at radius 2 is 2.06 bits per heavy atom. The van der Waals surface area contributed by atoms with E-state index in [0.29, 0.717) is 24.4 Å². The number of nitrogens with zero attached hydrogens (tertiary/aromatic N) is 2. The molecule has 1 saturated carbocycles. The molecule has 2 N–H and O–H groups in total. The first kappa shape index (κ1) is 12.0. The Bertz CT molecular complexity index is 446. The van der Waals surface area contributed by atoms with Crippen molar-refractivity contribution >= 4 is 28.3 Å². The lowest BCUT2D eigenvalue weighted by Gasteiger charge is -2.07. The van der Waals surface area contributed by atoms with Crippen LogP contribution >= 0.6 is 11.3 Å². The molecule has 0 aliphatic heterocycles. The predicted molar refractivity (Wildman–Crippen MR) is 61.7 cm³/mol. The van der Waals surface area contributed by atoms with Gasteiger partial charge in [-0.15, -0.1) is 10.2 Å². The minimum atomic E-state index is -0.813. The molecule has 1 aliphatic rings. The van der Waals surface area contributed by atoms with E-state index in [1.165, 1.54) is 11.3 Å². The number of aliphatic carboxylic acids is 1. The summed E-state index contributed by atoms with van der Waals surface area (Å²) in [4.78, 5) is 22.6. The molecule has 2 atom stereocenters. The Morgan fingerprint density at radius 3 is 2.59 bits per heavy atom. The molecular weight excluding hydrogens is 242 g/mol. The Labute approximate surface area is 102 Å². The van der Waals surface area contributed by atoms with Crippen LogP contribution in [-0.4, -0.2) is 27.2 Å². The monoisotopic (exact) mass is 255 g/mol. The number of carbonyl (C=O) groups excluding carboxylic acids is 1. The summed E-state index contributed by atoms with van der Waals surface area (Å²) in [5.74, 6) is -1.57. The van der Waals surface area contributed by atoms with Crippen molar-refractivity contribution in [1.82, 2.24) is 10.2 Å². The fourth-order valence-electron chi connectivity index (χ4n) is 2.00. The Morgan fingerprint density at radius 1 is 1.35 bits per heavy atom. The van der Waals surface area contributed by atoms with Crippen LogP contribution in [0.3, 0.4) is 0 Å². The van der Waals surface area contributed by atoms with Crippen molar-refractivity contribution < 1.29 is 14.7 Å². The predicted octanol–water partition coefficient (Wildman–Crippen LogP) is 1.29. The SMILES string of the molecule is Cc1nnc(NC(=O)C2CCC(C(=O)O)C2)s1. The number of hydrogen-bond donors (Lipinski definition) is 2. The van der Waals surface area contributed by atoms with Crippen molar-refractivity contribution in [3.63, 3.8) is 0 Å². The summed E-state index contributed by atoms with van der Waals surface area (Å²) in [5.41, 5.74) is 0. The summed E-state index contributed by atoms with van der Waals surface area (Å²) in [7, 11) is 0. The van der Waals surface area contributed by atoms with E-state index in [1.54, 1.807) is 0 Å². The molecule has 1 heterocycles. The summed E-state index contributed by atoms with van der Waals surface area (Å²) in [6.07, 6.45) is 1.61. The highest BCUT2D eigenvalue weighted by molar-refractivity contribution is 7.15. The zero-order valence-electron chi connectivity index (χ0n) is 9.34. The third-order valence-corrected chi connectivity index (χ3v) is 3.66. The summed E-state index contributed by atoms with van der Waals surface area (Å²) >= 11 is 1.31. The second-order valence-electron chi connectivity index (χ2n) is 4.16. The zero-order chi connectivity index (χ0) is 12.4. The molecule has 6 nitrogen and oxygen atoms in total. The van der Waals surface area contributed by atoms with Crippen LogP contribution in [0.1, 0.15) is 24.3 Å². The largest absolute Gasteiger partial charge is 0.481 e. The smallest absolute Gasteiger partial charge is 0.306 e. The normalized spacial score (nSPS) is 23.6. The van der Waals surface area contributed by atoms with Gasteiger partial charge in [-0.2, -0.15) is 0 Å². The van der Waals surface area contributed by atoms with Gasteiger partial charge in [0, 0.05) is 5.92 Å². The van der Waals surface area contributed by atoms with E-state index in [-0.39, 0.29) is 17.7 Å². The van der Waals surface area contributed by atoms with Crippen molar-refractivity contribution in [2.45, 2.75) is 26.2 Å². The number of carboxylic acid groups (broad SMARTS) is 1. The van der Waals surface area contributed by atoms with Gasteiger partial charge in [-0.25, -0.2) is 0 Å². The van der Waals surface area contributed by atoms with Crippen LogP contribution in [0.4, 0.5) is 5.13 Å². The number of amides is 1. The van der Waals surface area contributed by atoms with Gasteiger partial charge in [0.05, 0.1) is 5.92 Å². The molecule has 0 aromatic carbocycles. The van der Waals surface area contributed by atoms with Crippen molar-refractivity contribution in [1.29, 1.82) is 0 Å². The van der Waals surface area contributed by atoms with Gasteiger partial charge in [-0.1, -0.05) is 11.3 Å². The quantitative estimate of drug-likeness (QED) is 0.849. The highest BCUT2D eigenvalue weighted by Gasteiger charge is 2.34. The fraction of sp³-hybridized carbons (Fsp3) is 0.600. The lowest BCUT2D eigenvalue weighted by Crippen LogP contribution is -2.21. The maximum atomic E-state index is 11.8. The average Bonchev–Trinajstić information content (AvgIpc) is 2.86. The zero-order valence-corrected chi connectivity index (χ0v) is 10.2.